The Morgan fingerprint density at radius 2 is 2.00 bits per heavy atom. The van der Waals surface area contributed by atoms with Crippen LogP contribution in [0.3, 0.4) is 0 Å². The molecule has 106 valence electrons. The topological polar surface area (TPSA) is 75.2 Å². The largest absolute Gasteiger partial charge is 0.321 e. The van der Waals surface area contributed by atoms with Gasteiger partial charge < -0.3 is 10.2 Å². The zero-order chi connectivity index (χ0) is 14.7. The van der Waals surface area contributed by atoms with Crippen LogP contribution in [0.2, 0.25) is 0 Å². The summed E-state index contributed by atoms with van der Waals surface area (Å²) in [4.78, 5) is 33.1. The molecule has 2 aromatic rings. The van der Waals surface area contributed by atoms with Crippen LogP contribution in [0.5, 0.6) is 0 Å². The second-order valence-electron chi connectivity index (χ2n) is 4.74. The van der Waals surface area contributed by atoms with Gasteiger partial charge in [-0.15, -0.1) is 0 Å². The highest BCUT2D eigenvalue weighted by atomic mass is 16.2. The number of amides is 2. The lowest BCUT2D eigenvalue weighted by Gasteiger charge is -2.16. The maximum atomic E-state index is 11.9. The van der Waals surface area contributed by atoms with Gasteiger partial charge in [0.15, 0.2) is 0 Å². The molecule has 6 heteroatoms. The van der Waals surface area contributed by atoms with E-state index >= 15 is 0 Å². The molecule has 2 heterocycles. The van der Waals surface area contributed by atoms with Crippen molar-refractivity contribution >= 4 is 23.2 Å². The summed E-state index contributed by atoms with van der Waals surface area (Å²) < 4.78 is 0. The van der Waals surface area contributed by atoms with Crippen molar-refractivity contribution in [2.75, 3.05) is 16.8 Å². The summed E-state index contributed by atoms with van der Waals surface area (Å²) in [6.07, 6.45) is 5.89. The van der Waals surface area contributed by atoms with E-state index in [2.05, 4.69) is 15.3 Å². The fourth-order valence-corrected chi connectivity index (χ4v) is 2.26. The Hall–Kier alpha value is -2.76. The Balaban J connectivity index is 1.70. The first-order valence-electron chi connectivity index (χ1n) is 6.72. The van der Waals surface area contributed by atoms with Crippen LogP contribution >= 0.6 is 0 Å². The average molecular weight is 282 g/mol. The number of carbonyl (C=O) groups is 2. The number of rotatable bonds is 3. The SMILES string of the molecule is O=C(Nc1ccc(N2CCCC2=O)cc1)c1cnccn1. The van der Waals surface area contributed by atoms with Crippen LogP contribution in [0.4, 0.5) is 11.4 Å². The molecule has 0 spiro atoms. The van der Waals surface area contributed by atoms with E-state index in [1.807, 2.05) is 12.1 Å². The van der Waals surface area contributed by atoms with Gasteiger partial charge in [-0.05, 0) is 30.7 Å². The van der Waals surface area contributed by atoms with Crippen molar-refractivity contribution in [2.45, 2.75) is 12.8 Å². The summed E-state index contributed by atoms with van der Waals surface area (Å²) in [5.41, 5.74) is 1.77. The number of hydrogen-bond donors (Lipinski definition) is 1. The van der Waals surface area contributed by atoms with Gasteiger partial charge in [0.1, 0.15) is 5.69 Å². The smallest absolute Gasteiger partial charge is 0.275 e. The highest BCUT2D eigenvalue weighted by Crippen LogP contribution is 2.23. The van der Waals surface area contributed by atoms with Crippen LogP contribution in [0.15, 0.2) is 42.9 Å². The highest BCUT2D eigenvalue weighted by Gasteiger charge is 2.21. The van der Waals surface area contributed by atoms with Gasteiger partial charge in [0.2, 0.25) is 5.91 Å². The maximum absolute atomic E-state index is 11.9. The molecule has 1 N–H and O–H groups in total. The molecule has 0 aliphatic carbocycles. The van der Waals surface area contributed by atoms with Crippen molar-refractivity contribution in [3.05, 3.63) is 48.5 Å². The van der Waals surface area contributed by atoms with Crippen molar-refractivity contribution in [1.82, 2.24) is 9.97 Å². The molecule has 3 rings (SSSR count). The lowest BCUT2D eigenvalue weighted by atomic mass is 10.2. The number of nitrogens with zero attached hydrogens (tertiary/aromatic N) is 3. The number of anilines is 2. The van der Waals surface area contributed by atoms with Gasteiger partial charge in [-0.2, -0.15) is 0 Å². The Morgan fingerprint density at radius 1 is 1.19 bits per heavy atom. The third-order valence-electron chi connectivity index (χ3n) is 3.31. The molecule has 0 bridgehead atoms. The van der Waals surface area contributed by atoms with Gasteiger partial charge in [-0.1, -0.05) is 0 Å². The highest BCUT2D eigenvalue weighted by molar-refractivity contribution is 6.03. The van der Waals surface area contributed by atoms with E-state index in [9.17, 15) is 9.59 Å². The number of carbonyl (C=O) groups excluding carboxylic acids is 2. The van der Waals surface area contributed by atoms with Crippen molar-refractivity contribution in [1.29, 1.82) is 0 Å². The summed E-state index contributed by atoms with van der Waals surface area (Å²) in [6, 6.07) is 7.20. The normalized spacial score (nSPS) is 14.3. The van der Waals surface area contributed by atoms with Gasteiger partial charge in [0, 0.05) is 36.7 Å². The van der Waals surface area contributed by atoms with Crippen LogP contribution in [-0.4, -0.2) is 28.3 Å². The molecule has 21 heavy (non-hydrogen) atoms. The first kappa shape index (κ1) is 13.2. The second kappa shape index (κ2) is 5.70. The molecule has 1 aliphatic heterocycles. The van der Waals surface area contributed by atoms with E-state index < -0.39 is 0 Å². The van der Waals surface area contributed by atoms with Crippen LogP contribution in [-0.2, 0) is 4.79 Å². The minimum atomic E-state index is -0.312. The van der Waals surface area contributed by atoms with Crippen molar-refractivity contribution in [3.63, 3.8) is 0 Å². The number of benzene rings is 1. The zero-order valence-electron chi connectivity index (χ0n) is 11.3. The average Bonchev–Trinajstić information content (AvgIpc) is 2.95. The third-order valence-corrected chi connectivity index (χ3v) is 3.31. The summed E-state index contributed by atoms with van der Waals surface area (Å²) in [6.45, 7) is 0.754. The summed E-state index contributed by atoms with van der Waals surface area (Å²) in [5, 5.41) is 2.74. The summed E-state index contributed by atoms with van der Waals surface area (Å²) in [5.74, 6) is -0.167. The predicted octanol–water partition coefficient (Wildman–Crippen LogP) is 1.86. The first-order valence-corrected chi connectivity index (χ1v) is 6.72. The van der Waals surface area contributed by atoms with Gasteiger partial charge >= 0.3 is 0 Å². The molecule has 0 atom stereocenters. The molecule has 1 aromatic heterocycles. The Kier molecular flexibility index (Phi) is 3.59. The van der Waals surface area contributed by atoms with Crippen LogP contribution in [0.25, 0.3) is 0 Å². The lowest BCUT2D eigenvalue weighted by Crippen LogP contribution is -2.23. The second-order valence-corrected chi connectivity index (χ2v) is 4.74. The minimum absolute atomic E-state index is 0.145. The fourth-order valence-electron chi connectivity index (χ4n) is 2.26. The van der Waals surface area contributed by atoms with Gasteiger partial charge in [0.05, 0.1) is 6.20 Å². The minimum Gasteiger partial charge on any atom is -0.321 e. The Morgan fingerprint density at radius 3 is 2.62 bits per heavy atom. The molecule has 1 saturated heterocycles. The molecule has 1 fully saturated rings. The van der Waals surface area contributed by atoms with Gasteiger partial charge in [0.25, 0.3) is 5.91 Å². The van der Waals surface area contributed by atoms with E-state index in [0.717, 1.165) is 18.7 Å². The van der Waals surface area contributed by atoms with Gasteiger partial charge in [-0.3, -0.25) is 14.6 Å². The van der Waals surface area contributed by atoms with E-state index in [4.69, 9.17) is 0 Å². The molecule has 0 saturated carbocycles. The van der Waals surface area contributed by atoms with Crippen LogP contribution in [0.1, 0.15) is 23.3 Å². The third kappa shape index (κ3) is 2.89. The molecule has 6 nitrogen and oxygen atoms in total. The standard InChI is InChI=1S/C15H14N4O2/c20-14-2-1-9-19(14)12-5-3-11(4-6-12)18-15(21)13-10-16-7-8-17-13/h3-8,10H,1-2,9H2,(H,18,21). The van der Waals surface area contributed by atoms with Crippen molar-refractivity contribution in [2.24, 2.45) is 0 Å². The molecule has 0 radical (unpaired) electrons. The molecule has 1 aliphatic rings. The zero-order valence-corrected chi connectivity index (χ0v) is 11.3. The summed E-state index contributed by atoms with van der Waals surface area (Å²) in [7, 11) is 0. The lowest BCUT2D eigenvalue weighted by molar-refractivity contribution is -0.117. The van der Waals surface area contributed by atoms with E-state index in [-0.39, 0.29) is 17.5 Å². The Labute approximate surface area is 121 Å². The Bertz CT molecular complexity index is 655. The first-order chi connectivity index (χ1) is 10.2. The van der Waals surface area contributed by atoms with Crippen LogP contribution in [0, 0.1) is 0 Å². The fraction of sp³-hybridized carbons (Fsp3) is 0.200. The van der Waals surface area contributed by atoms with E-state index in [1.54, 1.807) is 17.0 Å². The number of nitrogens with one attached hydrogen (secondary N) is 1. The molecule has 2 amide bonds. The maximum Gasteiger partial charge on any atom is 0.275 e. The van der Waals surface area contributed by atoms with Crippen LogP contribution < -0.4 is 10.2 Å². The predicted molar refractivity (Wildman–Crippen MR) is 78.0 cm³/mol. The van der Waals surface area contributed by atoms with E-state index in [0.29, 0.717) is 12.1 Å². The summed E-state index contributed by atoms with van der Waals surface area (Å²) >= 11 is 0. The molecule has 0 unspecified atom stereocenters. The number of hydrogen-bond acceptors (Lipinski definition) is 4. The van der Waals surface area contributed by atoms with Crippen molar-refractivity contribution in [3.8, 4) is 0 Å². The molecular weight excluding hydrogens is 268 g/mol. The monoisotopic (exact) mass is 282 g/mol. The molecule has 1 aromatic carbocycles. The number of aromatic nitrogens is 2. The molecular formula is C15H14N4O2. The quantitative estimate of drug-likeness (QED) is 0.932. The van der Waals surface area contributed by atoms with Crippen molar-refractivity contribution < 1.29 is 9.59 Å². The van der Waals surface area contributed by atoms with Gasteiger partial charge in [-0.25, -0.2) is 4.98 Å². The van der Waals surface area contributed by atoms with E-state index in [1.165, 1.54) is 18.6 Å².